The molecule has 0 saturated carbocycles. The molecule has 2 aromatic heterocycles. The van der Waals surface area contributed by atoms with Gasteiger partial charge in [-0.1, -0.05) is 12.1 Å². The number of rotatable bonds is 0. The van der Waals surface area contributed by atoms with Crippen LogP contribution in [0.25, 0.3) is 26.6 Å². The van der Waals surface area contributed by atoms with Gasteiger partial charge in [-0.2, -0.15) is 0 Å². The second-order valence-corrected chi connectivity index (χ2v) is 13.2. The fourth-order valence-corrected chi connectivity index (χ4v) is 11.7. The van der Waals surface area contributed by atoms with Gasteiger partial charge in [0.25, 0.3) is 5.66 Å². The normalized spacial score (nSPS) is 24.1. The molecule has 0 amide bonds. The first-order valence-corrected chi connectivity index (χ1v) is 15.0. The molecule has 2 spiro atoms. The van der Waals surface area contributed by atoms with Crippen LogP contribution in [0, 0.1) is 0 Å². The molecule has 2 N–H and O–H groups in total. The average Bonchev–Trinajstić information content (AvgIpc) is 3.35. The van der Waals surface area contributed by atoms with E-state index in [-0.39, 0.29) is 0 Å². The fraction of sp³-hybridized carbons (Fsp3) is 0.129. The number of hydrogen-bond acceptors (Lipinski definition) is 7. The summed E-state index contributed by atoms with van der Waals surface area (Å²) in [7, 11) is -0.989. The van der Waals surface area contributed by atoms with E-state index in [2.05, 4.69) is 50.3 Å². The first-order chi connectivity index (χ1) is 20.3. The Labute approximate surface area is 232 Å². The lowest BCUT2D eigenvalue weighted by atomic mass is 9.84. The summed E-state index contributed by atoms with van der Waals surface area (Å²) in [6.45, 7) is 0.716. The molecule has 6 aromatic rings. The number of nitrogens with one attached hydrogen (secondary N) is 2. The Bertz CT molecular complexity index is 2160. The van der Waals surface area contributed by atoms with E-state index >= 15 is 0 Å². The van der Waals surface area contributed by atoms with E-state index in [1.807, 2.05) is 42.6 Å². The van der Waals surface area contributed by atoms with Crippen LogP contribution in [0.1, 0.15) is 22.3 Å². The van der Waals surface area contributed by atoms with Crippen molar-refractivity contribution in [1.82, 2.24) is 15.7 Å². The summed E-state index contributed by atoms with van der Waals surface area (Å²) in [5.41, 5.74) is 3.88. The first kappa shape index (κ1) is 20.2. The number of fused-ring (bicyclic) bond motifs is 1. The third kappa shape index (κ3) is 1.86. The minimum atomic E-state index is -0.989. The Kier molecular flexibility index (Phi) is 3.03. The molecule has 9 nitrogen and oxygen atoms in total. The molecule has 194 valence electrons. The highest BCUT2D eigenvalue weighted by atomic mass is 31.1. The summed E-state index contributed by atoms with van der Waals surface area (Å²) in [5, 5.41) is 17.9. The molecule has 41 heavy (non-hydrogen) atoms. The van der Waals surface area contributed by atoms with Crippen LogP contribution in [0.4, 0.5) is 0 Å². The highest BCUT2D eigenvalue weighted by molar-refractivity contribution is 7.67. The van der Waals surface area contributed by atoms with E-state index in [0.717, 1.165) is 56.8 Å². The summed E-state index contributed by atoms with van der Waals surface area (Å²) in [6.07, 6.45) is 4.03. The average molecular weight is 555 g/mol. The highest BCUT2D eigenvalue weighted by Gasteiger charge is 2.69. The van der Waals surface area contributed by atoms with Gasteiger partial charge in [0, 0.05) is 20.0 Å². The van der Waals surface area contributed by atoms with Gasteiger partial charge in [0.1, 0.15) is 70.2 Å². The monoisotopic (exact) mass is 555 g/mol. The SMILES string of the molecule is c1cc2c3c(c1)Oc1ccc4c5ccc6c7c5p5c4c1C3(NCO2)[n+]1ccn[n+](c1-5)C71NCOc2cccc(c21)O6. The number of benzene rings is 4. The predicted octanol–water partition coefficient (Wildman–Crippen LogP) is 4.15. The second kappa shape index (κ2) is 6.14. The van der Waals surface area contributed by atoms with Crippen LogP contribution in [0.5, 0.6) is 34.5 Å². The van der Waals surface area contributed by atoms with Gasteiger partial charge in [-0.15, -0.1) is 4.57 Å². The van der Waals surface area contributed by atoms with Crippen molar-refractivity contribution >= 4 is 28.5 Å². The van der Waals surface area contributed by atoms with Crippen LogP contribution < -0.4 is 38.8 Å². The highest BCUT2D eigenvalue weighted by Crippen LogP contribution is 2.68. The molecule has 3 atom stereocenters. The standard InChI is InChI=1S/C31H18N5O4P/c1-3-17-23-19(5-1)39-21-9-7-15-16-8-10-22-26-28(16)41-27(15)25(21)30(23,32-13-37-17)35-12-11-34-36(29(35)41)31(26)24-18(38-14-33-31)4-2-6-20(24)40-22/h1-12,32-33H,13-14H2/q+2. The smallest absolute Gasteiger partial charge is 0.477 e. The van der Waals surface area contributed by atoms with Crippen LogP contribution in [-0.4, -0.2) is 18.6 Å². The van der Waals surface area contributed by atoms with Crippen molar-refractivity contribution in [2.45, 2.75) is 11.3 Å². The Balaban J connectivity index is 1.40. The summed E-state index contributed by atoms with van der Waals surface area (Å²) >= 11 is 0. The molecule has 0 saturated heterocycles. The summed E-state index contributed by atoms with van der Waals surface area (Å²) in [4.78, 5) is 0. The van der Waals surface area contributed by atoms with Gasteiger partial charge in [0.2, 0.25) is 6.20 Å². The zero-order valence-corrected chi connectivity index (χ0v) is 22.2. The maximum atomic E-state index is 6.65. The Morgan fingerprint density at radius 3 is 1.90 bits per heavy atom. The molecule has 0 bridgehead atoms. The van der Waals surface area contributed by atoms with Gasteiger partial charge in [0.15, 0.2) is 6.20 Å². The molecule has 0 aliphatic carbocycles. The van der Waals surface area contributed by atoms with E-state index in [4.69, 9.17) is 24.0 Å². The second-order valence-electron chi connectivity index (χ2n) is 11.2. The molecule has 6 aliphatic heterocycles. The van der Waals surface area contributed by atoms with Crippen molar-refractivity contribution in [2.24, 2.45) is 0 Å². The third-order valence-corrected chi connectivity index (χ3v) is 12.3. The fourth-order valence-electron chi connectivity index (χ4n) is 8.35. The third-order valence-electron chi connectivity index (χ3n) is 9.67. The lowest BCUT2D eigenvalue weighted by Gasteiger charge is -2.43. The van der Waals surface area contributed by atoms with Gasteiger partial charge in [-0.25, -0.2) is 10.6 Å². The molecule has 4 aromatic carbocycles. The Morgan fingerprint density at radius 2 is 1.22 bits per heavy atom. The maximum absolute atomic E-state index is 6.65. The largest absolute Gasteiger partial charge is 0.492 e. The number of ether oxygens (including phenoxy) is 4. The van der Waals surface area contributed by atoms with Gasteiger partial charge < -0.3 is 18.9 Å². The predicted molar refractivity (Wildman–Crippen MR) is 146 cm³/mol. The topological polar surface area (TPSA) is 81.6 Å². The molecular weight excluding hydrogens is 537 g/mol. The molecule has 12 rings (SSSR count). The molecular formula is C31H18N5O4P+2. The molecule has 3 unspecified atom stereocenters. The van der Waals surface area contributed by atoms with Crippen LogP contribution in [-0.2, 0) is 11.3 Å². The van der Waals surface area contributed by atoms with Gasteiger partial charge in [-0.05, 0) is 59.3 Å². The van der Waals surface area contributed by atoms with E-state index in [0.29, 0.717) is 13.5 Å². The Morgan fingerprint density at radius 1 is 0.659 bits per heavy atom. The summed E-state index contributed by atoms with van der Waals surface area (Å²) in [6, 6.07) is 20.8. The maximum Gasteiger partial charge on any atom is 0.492 e. The van der Waals surface area contributed by atoms with E-state index < -0.39 is 18.9 Å². The number of hydrogen-bond donors (Lipinski definition) is 2. The lowest BCUT2D eigenvalue weighted by Crippen LogP contribution is -2.78. The minimum Gasteiger partial charge on any atom is -0.477 e. The summed E-state index contributed by atoms with van der Waals surface area (Å²) < 4.78 is 30.3. The van der Waals surface area contributed by atoms with Crippen molar-refractivity contribution in [3.63, 3.8) is 0 Å². The number of nitrogens with zero attached hydrogens (tertiary/aromatic N) is 3. The van der Waals surface area contributed by atoms with Crippen molar-refractivity contribution in [3.8, 4) is 40.1 Å². The van der Waals surface area contributed by atoms with Crippen LogP contribution in [0.2, 0.25) is 0 Å². The van der Waals surface area contributed by atoms with Crippen LogP contribution in [0.15, 0.2) is 73.1 Å². The molecule has 0 radical (unpaired) electrons. The molecule has 8 heterocycles. The molecule has 0 fully saturated rings. The van der Waals surface area contributed by atoms with Gasteiger partial charge in [-0.3, -0.25) is 0 Å². The zero-order valence-electron chi connectivity index (χ0n) is 21.3. The van der Waals surface area contributed by atoms with Crippen molar-refractivity contribution < 1.29 is 28.2 Å². The van der Waals surface area contributed by atoms with E-state index in [1.165, 1.54) is 26.6 Å². The van der Waals surface area contributed by atoms with Gasteiger partial charge in [0.05, 0.1) is 7.53 Å². The van der Waals surface area contributed by atoms with Gasteiger partial charge >= 0.3 is 11.2 Å². The van der Waals surface area contributed by atoms with E-state index in [1.54, 1.807) is 0 Å². The first-order valence-electron chi connectivity index (χ1n) is 13.7. The summed E-state index contributed by atoms with van der Waals surface area (Å²) in [5.74, 6) is 4.95. The van der Waals surface area contributed by atoms with Crippen molar-refractivity contribution in [2.75, 3.05) is 13.5 Å². The molecule has 6 aliphatic rings. The van der Waals surface area contributed by atoms with Crippen LogP contribution in [0.3, 0.4) is 0 Å². The van der Waals surface area contributed by atoms with Crippen molar-refractivity contribution in [1.29, 1.82) is 0 Å². The Hall–Kier alpha value is -4.69. The lowest BCUT2D eigenvalue weighted by molar-refractivity contribution is -0.881. The minimum absolute atomic E-state index is 0.348. The zero-order chi connectivity index (χ0) is 26.2. The quantitative estimate of drug-likeness (QED) is 0.273. The molecule has 10 heteroatoms. The van der Waals surface area contributed by atoms with E-state index in [9.17, 15) is 0 Å². The number of aromatic nitrogens is 3. The van der Waals surface area contributed by atoms with Crippen molar-refractivity contribution in [3.05, 3.63) is 95.3 Å². The van der Waals surface area contributed by atoms with Crippen LogP contribution >= 0.6 is 7.53 Å².